The van der Waals surface area contributed by atoms with Crippen LogP contribution < -0.4 is 4.90 Å². The highest BCUT2D eigenvalue weighted by Crippen LogP contribution is 2.27. The summed E-state index contributed by atoms with van der Waals surface area (Å²) in [6.45, 7) is 3.57. The first kappa shape index (κ1) is 10.5. The van der Waals surface area contributed by atoms with Gasteiger partial charge in [0.25, 0.3) is 0 Å². The Kier molecular flexibility index (Phi) is 3.27. The van der Waals surface area contributed by atoms with E-state index in [1.54, 1.807) is 0 Å². The highest BCUT2D eigenvalue weighted by atomic mass is 16.3. The van der Waals surface area contributed by atoms with E-state index in [2.05, 4.69) is 24.0 Å². The molecule has 2 heteroatoms. The van der Waals surface area contributed by atoms with Gasteiger partial charge in [-0.05, 0) is 37.0 Å². The topological polar surface area (TPSA) is 23.5 Å². The van der Waals surface area contributed by atoms with Crippen molar-refractivity contribution in [2.45, 2.75) is 38.8 Å². The van der Waals surface area contributed by atoms with Gasteiger partial charge in [-0.2, -0.15) is 0 Å². The molecule has 0 spiro atoms. The molecule has 0 bridgehead atoms. The van der Waals surface area contributed by atoms with Crippen LogP contribution >= 0.6 is 0 Å². The van der Waals surface area contributed by atoms with Crippen LogP contribution in [0.2, 0.25) is 0 Å². The molecule has 82 valence electrons. The molecule has 0 aromatic heterocycles. The van der Waals surface area contributed by atoms with Gasteiger partial charge in [-0.1, -0.05) is 19.1 Å². The van der Waals surface area contributed by atoms with Gasteiger partial charge < -0.3 is 10.0 Å². The smallest absolute Gasteiger partial charge is 0.0681 e. The van der Waals surface area contributed by atoms with Crippen LogP contribution in [-0.4, -0.2) is 17.7 Å². The Morgan fingerprint density at radius 3 is 2.67 bits per heavy atom. The predicted octanol–water partition coefficient (Wildman–Crippen LogP) is 2.56. The van der Waals surface area contributed by atoms with Crippen molar-refractivity contribution >= 4 is 5.69 Å². The lowest BCUT2D eigenvalue weighted by Gasteiger charge is -2.26. The summed E-state index contributed by atoms with van der Waals surface area (Å²) in [5.41, 5.74) is 2.29. The average Bonchev–Trinajstić information content (AvgIpc) is 2.77. The van der Waals surface area contributed by atoms with Gasteiger partial charge in [0, 0.05) is 18.3 Å². The van der Waals surface area contributed by atoms with Crippen LogP contribution in [0.3, 0.4) is 0 Å². The average molecular weight is 205 g/mol. The van der Waals surface area contributed by atoms with Crippen molar-refractivity contribution in [3.05, 3.63) is 29.8 Å². The van der Waals surface area contributed by atoms with Crippen molar-refractivity contribution in [2.24, 2.45) is 0 Å². The molecule has 0 saturated carbocycles. The summed E-state index contributed by atoms with van der Waals surface area (Å²) in [5.74, 6) is 0. The third kappa shape index (κ3) is 2.15. The molecule has 1 fully saturated rings. The highest BCUT2D eigenvalue weighted by Gasteiger charge is 2.22. The number of aliphatic hydroxyl groups excluding tert-OH is 1. The fraction of sp³-hybridized carbons (Fsp3) is 0.538. The van der Waals surface area contributed by atoms with E-state index in [4.69, 9.17) is 5.11 Å². The fourth-order valence-electron chi connectivity index (χ4n) is 2.39. The number of hydrogen-bond donors (Lipinski definition) is 1. The van der Waals surface area contributed by atoms with E-state index in [1.807, 2.05) is 12.1 Å². The summed E-state index contributed by atoms with van der Waals surface area (Å²) in [6.07, 6.45) is 3.85. The summed E-state index contributed by atoms with van der Waals surface area (Å²) in [4.78, 5) is 2.49. The van der Waals surface area contributed by atoms with Crippen molar-refractivity contribution in [1.82, 2.24) is 0 Å². The molecule has 1 aliphatic heterocycles. The molecule has 1 unspecified atom stereocenters. The Balaban J connectivity index is 2.14. The molecule has 1 saturated heterocycles. The SMILES string of the molecule is CCC1CCCN1c1ccc(CO)cc1. The monoisotopic (exact) mass is 205 g/mol. The third-order valence-electron chi connectivity index (χ3n) is 3.30. The van der Waals surface area contributed by atoms with Crippen LogP contribution in [-0.2, 0) is 6.61 Å². The second kappa shape index (κ2) is 4.67. The first-order chi connectivity index (χ1) is 7.35. The molecule has 1 atom stereocenters. The molecule has 1 N–H and O–H groups in total. The molecule has 0 radical (unpaired) electrons. The molecule has 0 amide bonds. The van der Waals surface area contributed by atoms with Gasteiger partial charge in [-0.3, -0.25) is 0 Å². The Morgan fingerprint density at radius 1 is 1.33 bits per heavy atom. The summed E-state index contributed by atoms with van der Waals surface area (Å²) >= 11 is 0. The predicted molar refractivity (Wildman–Crippen MR) is 63.0 cm³/mol. The Labute approximate surface area is 91.5 Å². The summed E-state index contributed by atoms with van der Waals surface area (Å²) in [7, 11) is 0. The van der Waals surface area contributed by atoms with Crippen LogP contribution in [0.4, 0.5) is 5.69 Å². The third-order valence-corrected chi connectivity index (χ3v) is 3.30. The van der Waals surface area contributed by atoms with E-state index in [0.717, 1.165) is 5.56 Å². The van der Waals surface area contributed by atoms with Crippen LogP contribution in [0, 0.1) is 0 Å². The maximum atomic E-state index is 8.98. The van der Waals surface area contributed by atoms with E-state index >= 15 is 0 Å². The van der Waals surface area contributed by atoms with Gasteiger partial charge in [0.05, 0.1) is 6.61 Å². The second-order valence-electron chi connectivity index (χ2n) is 4.22. The maximum Gasteiger partial charge on any atom is 0.0681 e. The van der Waals surface area contributed by atoms with E-state index in [9.17, 15) is 0 Å². The minimum absolute atomic E-state index is 0.136. The lowest BCUT2D eigenvalue weighted by Crippen LogP contribution is -2.28. The van der Waals surface area contributed by atoms with Crippen molar-refractivity contribution in [3.8, 4) is 0 Å². The van der Waals surface area contributed by atoms with Crippen LogP contribution in [0.15, 0.2) is 24.3 Å². The molecule has 1 heterocycles. The summed E-state index contributed by atoms with van der Waals surface area (Å²) in [5, 5.41) is 8.98. The highest BCUT2D eigenvalue weighted by molar-refractivity contribution is 5.49. The number of hydrogen-bond acceptors (Lipinski definition) is 2. The van der Waals surface area contributed by atoms with Gasteiger partial charge in [-0.25, -0.2) is 0 Å². The maximum absolute atomic E-state index is 8.98. The molecular formula is C13H19NO. The first-order valence-corrected chi connectivity index (χ1v) is 5.81. The molecule has 1 aromatic carbocycles. The molecular weight excluding hydrogens is 186 g/mol. The zero-order valence-electron chi connectivity index (χ0n) is 9.32. The molecule has 1 aromatic rings. The van der Waals surface area contributed by atoms with Crippen LogP contribution in [0.5, 0.6) is 0 Å². The van der Waals surface area contributed by atoms with Gasteiger partial charge in [0.2, 0.25) is 0 Å². The van der Waals surface area contributed by atoms with Crippen LogP contribution in [0.1, 0.15) is 31.7 Å². The quantitative estimate of drug-likeness (QED) is 0.819. The van der Waals surface area contributed by atoms with Crippen molar-refractivity contribution < 1.29 is 5.11 Å². The largest absolute Gasteiger partial charge is 0.392 e. The molecule has 0 aliphatic carbocycles. The molecule has 2 rings (SSSR count). The van der Waals surface area contributed by atoms with Gasteiger partial charge in [0.1, 0.15) is 0 Å². The van der Waals surface area contributed by atoms with E-state index in [1.165, 1.54) is 31.5 Å². The summed E-state index contributed by atoms with van der Waals surface area (Å²) < 4.78 is 0. The lowest BCUT2D eigenvalue weighted by atomic mass is 10.1. The Morgan fingerprint density at radius 2 is 2.07 bits per heavy atom. The fourth-order valence-corrected chi connectivity index (χ4v) is 2.39. The number of aliphatic hydroxyl groups is 1. The minimum atomic E-state index is 0.136. The second-order valence-corrected chi connectivity index (χ2v) is 4.22. The van der Waals surface area contributed by atoms with E-state index in [0.29, 0.717) is 6.04 Å². The number of rotatable bonds is 3. The first-order valence-electron chi connectivity index (χ1n) is 5.81. The van der Waals surface area contributed by atoms with Gasteiger partial charge in [0.15, 0.2) is 0 Å². The van der Waals surface area contributed by atoms with Crippen molar-refractivity contribution in [2.75, 3.05) is 11.4 Å². The molecule has 2 nitrogen and oxygen atoms in total. The number of benzene rings is 1. The molecule has 1 aliphatic rings. The van der Waals surface area contributed by atoms with Crippen molar-refractivity contribution in [3.63, 3.8) is 0 Å². The minimum Gasteiger partial charge on any atom is -0.392 e. The zero-order valence-corrected chi connectivity index (χ0v) is 9.32. The lowest BCUT2D eigenvalue weighted by molar-refractivity contribution is 0.282. The van der Waals surface area contributed by atoms with Gasteiger partial charge in [-0.15, -0.1) is 0 Å². The van der Waals surface area contributed by atoms with Gasteiger partial charge >= 0.3 is 0 Å². The van der Waals surface area contributed by atoms with E-state index < -0.39 is 0 Å². The normalized spacial score (nSPS) is 20.9. The number of nitrogens with zero attached hydrogens (tertiary/aromatic N) is 1. The van der Waals surface area contributed by atoms with E-state index in [-0.39, 0.29) is 6.61 Å². The summed E-state index contributed by atoms with van der Waals surface area (Å²) in [6, 6.07) is 8.99. The zero-order chi connectivity index (χ0) is 10.7. The molecule has 15 heavy (non-hydrogen) atoms. The van der Waals surface area contributed by atoms with Crippen molar-refractivity contribution in [1.29, 1.82) is 0 Å². The van der Waals surface area contributed by atoms with Crippen LogP contribution in [0.25, 0.3) is 0 Å². The number of anilines is 1. The Bertz CT molecular complexity index is 307. The Hall–Kier alpha value is -1.02. The standard InChI is InChI=1S/C13H19NO/c1-2-12-4-3-9-14(12)13-7-5-11(10-15)6-8-13/h5-8,12,15H,2-4,9-10H2,1H3.